The van der Waals surface area contributed by atoms with Gasteiger partial charge in [-0.05, 0) is 42.7 Å². The number of alkyl halides is 3. The molecule has 4 atom stereocenters. The number of amides is 1. The molecule has 0 spiro atoms. The van der Waals surface area contributed by atoms with Crippen molar-refractivity contribution in [1.29, 1.82) is 0 Å². The van der Waals surface area contributed by atoms with E-state index in [4.69, 9.17) is 39.5 Å². The lowest BCUT2D eigenvalue weighted by Gasteiger charge is -2.37. The van der Waals surface area contributed by atoms with Crippen LogP contribution in [0.1, 0.15) is 40.0 Å². The molecular weight excluding hydrogens is 441 g/mol. The average molecular weight is 467 g/mol. The van der Waals surface area contributed by atoms with Gasteiger partial charge in [-0.1, -0.05) is 62.0 Å². The minimum absolute atomic E-state index is 0.0699. The van der Waals surface area contributed by atoms with Crippen LogP contribution >= 0.6 is 34.8 Å². The highest BCUT2D eigenvalue weighted by molar-refractivity contribution is 6.68. The molecule has 1 aromatic rings. The molecule has 1 saturated carbocycles. The van der Waals surface area contributed by atoms with Crippen molar-refractivity contribution < 1.29 is 14.5 Å². The molecule has 0 unspecified atom stereocenters. The summed E-state index contributed by atoms with van der Waals surface area (Å²) in [4.78, 5) is 22.8. The highest BCUT2D eigenvalue weighted by Crippen LogP contribution is 2.36. The maximum atomic E-state index is 12.5. The van der Waals surface area contributed by atoms with Crippen molar-refractivity contribution in [2.75, 3.05) is 5.32 Å². The van der Waals surface area contributed by atoms with Crippen LogP contribution in [-0.4, -0.2) is 27.1 Å². The molecule has 0 radical (unpaired) electrons. The van der Waals surface area contributed by atoms with E-state index >= 15 is 0 Å². The van der Waals surface area contributed by atoms with Crippen LogP contribution < -0.4 is 10.6 Å². The Kier molecular flexibility index (Phi) is 8.26. The number of rotatable bonds is 6. The summed E-state index contributed by atoms with van der Waals surface area (Å²) >= 11 is 18.0. The first-order valence-electron chi connectivity index (χ1n) is 9.52. The number of nitro groups is 1. The summed E-state index contributed by atoms with van der Waals surface area (Å²) < 4.78 is 3.82. The Balaban J connectivity index is 2.05. The van der Waals surface area contributed by atoms with Crippen molar-refractivity contribution in [3.63, 3.8) is 0 Å². The van der Waals surface area contributed by atoms with E-state index in [0.717, 1.165) is 19.3 Å². The molecule has 0 saturated heterocycles. The van der Waals surface area contributed by atoms with Crippen molar-refractivity contribution in [2.24, 2.45) is 17.8 Å². The monoisotopic (exact) mass is 465 g/mol. The largest absolute Gasteiger partial charge is 0.446 e. The summed E-state index contributed by atoms with van der Waals surface area (Å²) in [6.45, 7) is 6.38. The van der Waals surface area contributed by atoms with Crippen molar-refractivity contribution in [2.45, 2.75) is 56.1 Å². The lowest BCUT2D eigenvalue weighted by molar-refractivity contribution is -0.384. The summed E-state index contributed by atoms with van der Waals surface area (Å²) in [5.74, 6) is 1.15. The minimum Gasteiger partial charge on any atom is -0.446 e. The molecule has 0 heterocycles. The fourth-order valence-corrected chi connectivity index (χ4v) is 3.91. The van der Waals surface area contributed by atoms with E-state index < -0.39 is 21.0 Å². The average Bonchev–Trinajstić information content (AvgIpc) is 2.60. The fourth-order valence-electron chi connectivity index (χ4n) is 3.59. The number of hydrogen-bond donors (Lipinski definition) is 2. The van der Waals surface area contributed by atoms with E-state index in [0.29, 0.717) is 17.5 Å². The molecule has 162 valence electrons. The van der Waals surface area contributed by atoms with Gasteiger partial charge in [-0.25, -0.2) is 4.79 Å². The van der Waals surface area contributed by atoms with Gasteiger partial charge in [0.25, 0.3) is 5.69 Å². The highest BCUT2D eigenvalue weighted by Gasteiger charge is 2.37. The van der Waals surface area contributed by atoms with Gasteiger partial charge in [0.15, 0.2) is 0 Å². The first kappa shape index (κ1) is 23.8. The standard InChI is InChI=1S/C19H26Cl3N3O4/c1-11(2)15-9-4-12(3)10-16(15)29-18(26)24-17(19(20,21)22)23-13-5-7-14(8-6-13)25(27)28/h5-8,11-12,15-17,23H,4,9-10H2,1-3H3,(H,24,26)/t12-,15-,16+,17+/m1/s1. The third-order valence-electron chi connectivity index (χ3n) is 5.20. The van der Waals surface area contributed by atoms with Crippen LogP contribution in [0, 0.1) is 27.9 Å². The summed E-state index contributed by atoms with van der Waals surface area (Å²) in [5.41, 5.74) is 0.373. The van der Waals surface area contributed by atoms with E-state index in [2.05, 4.69) is 31.4 Å². The van der Waals surface area contributed by atoms with Crippen LogP contribution in [0.15, 0.2) is 24.3 Å². The van der Waals surface area contributed by atoms with E-state index in [1.54, 1.807) is 0 Å². The Labute approximate surface area is 185 Å². The molecule has 1 amide bonds. The van der Waals surface area contributed by atoms with Gasteiger partial charge in [0.1, 0.15) is 12.3 Å². The number of nitrogens with zero attached hydrogens (tertiary/aromatic N) is 1. The summed E-state index contributed by atoms with van der Waals surface area (Å²) in [5, 5.41) is 16.2. The molecule has 1 aliphatic rings. The van der Waals surface area contributed by atoms with Gasteiger partial charge < -0.3 is 10.1 Å². The minimum atomic E-state index is -1.88. The van der Waals surface area contributed by atoms with Crippen LogP contribution in [0.4, 0.5) is 16.2 Å². The fraction of sp³-hybridized carbons (Fsp3) is 0.632. The van der Waals surface area contributed by atoms with E-state index in [1.807, 2.05) is 0 Å². The number of non-ortho nitro benzene ring substituents is 1. The Morgan fingerprint density at radius 1 is 1.24 bits per heavy atom. The van der Waals surface area contributed by atoms with Crippen molar-refractivity contribution >= 4 is 52.3 Å². The summed E-state index contributed by atoms with van der Waals surface area (Å²) in [7, 11) is 0. The van der Waals surface area contributed by atoms with Crippen molar-refractivity contribution in [1.82, 2.24) is 5.32 Å². The van der Waals surface area contributed by atoms with Gasteiger partial charge in [-0.3, -0.25) is 15.4 Å². The van der Waals surface area contributed by atoms with Gasteiger partial charge in [0.2, 0.25) is 3.79 Å². The molecule has 0 aromatic heterocycles. The van der Waals surface area contributed by atoms with Crippen LogP contribution in [0.3, 0.4) is 0 Å². The maximum absolute atomic E-state index is 12.5. The van der Waals surface area contributed by atoms with Crippen LogP contribution in [0.2, 0.25) is 0 Å². The molecule has 1 aliphatic carbocycles. The summed E-state index contributed by atoms with van der Waals surface area (Å²) in [6.07, 6.45) is 0.938. The number of anilines is 1. The third-order valence-corrected chi connectivity index (χ3v) is 5.85. The van der Waals surface area contributed by atoms with E-state index in [-0.39, 0.29) is 17.7 Å². The molecule has 29 heavy (non-hydrogen) atoms. The molecule has 10 heteroatoms. The second-order valence-electron chi connectivity index (χ2n) is 7.84. The number of halogens is 3. The lowest BCUT2D eigenvalue weighted by atomic mass is 9.75. The predicted molar refractivity (Wildman–Crippen MR) is 116 cm³/mol. The highest BCUT2D eigenvalue weighted by atomic mass is 35.6. The maximum Gasteiger partial charge on any atom is 0.409 e. The second kappa shape index (κ2) is 10.0. The molecular formula is C19H26Cl3N3O4. The zero-order valence-corrected chi connectivity index (χ0v) is 18.8. The topological polar surface area (TPSA) is 93.5 Å². The lowest BCUT2D eigenvalue weighted by Crippen LogP contribution is -2.50. The molecule has 2 rings (SSSR count). The van der Waals surface area contributed by atoms with Crippen LogP contribution in [-0.2, 0) is 4.74 Å². The number of ether oxygens (including phenoxy) is 1. The van der Waals surface area contributed by atoms with Crippen LogP contribution in [0.25, 0.3) is 0 Å². The van der Waals surface area contributed by atoms with Gasteiger partial charge in [-0.2, -0.15) is 0 Å². The van der Waals surface area contributed by atoms with E-state index in [1.165, 1.54) is 24.3 Å². The number of nitrogens with one attached hydrogen (secondary N) is 2. The normalized spacial score (nSPS) is 23.3. The van der Waals surface area contributed by atoms with Crippen molar-refractivity contribution in [3.8, 4) is 0 Å². The van der Waals surface area contributed by atoms with Gasteiger partial charge in [0.05, 0.1) is 4.92 Å². The summed E-state index contributed by atoms with van der Waals surface area (Å²) in [6, 6.07) is 5.55. The molecule has 7 nitrogen and oxygen atoms in total. The van der Waals surface area contributed by atoms with E-state index in [9.17, 15) is 14.9 Å². The van der Waals surface area contributed by atoms with Crippen LogP contribution in [0.5, 0.6) is 0 Å². The molecule has 0 bridgehead atoms. The number of carbonyl (C=O) groups is 1. The van der Waals surface area contributed by atoms with Gasteiger partial charge in [-0.15, -0.1) is 0 Å². The Morgan fingerprint density at radius 3 is 2.38 bits per heavy atom. The first-order chi connectivity index (χ1) is 13.5. The predicted octanol–water partition coefficient (Wildman–Crippen LogP) is 5.89. The Hall–Kier alpha value is -1.44. The number of alkyl carbamates (subject to hydrolysis) is 1. The quantitative estimate of drug-likeness (QED) is 0.236. The van der Waals surface area contributed by atoms with Crippen molar-refractivity contribution in [3.05, 3.63) is 34.4 Å². The Morgan fingerprint density at radius 2 is 1.86 bits per heavy atom. The molecule has 2 N–H and O–H groups in total. The molecule has 1 fully saturated rings. The number of carbonyl (C=O) groups excluding carboxylic acids is 1. The zero-order chi connectivity index (χ0) is 21.8. The first-order valence-corrected chi connectivity index (χ1v) is 10.7. The molecule has 1 aromatic carbocycles. The Bertz CT molecular complexity index is 710. The molecule has 0 aliphatic heterocycles. The number of nitro benzene ring substituents is 1. The second-order valence-corrected chi connectivity index (χ2v) is 10.2. The third kappa shape index (κ3) is 7.08. The zero-order valence-electron chi connectivity index (χ0n) is 16.5. The SMILES string of the molecule is CC(C)[C@H]1CC[C@@H](C)C[C@@H]1OC(=O)N[C@H](Nc1ccc([N+](=O)[O-])cc1)C(Cl)(Cl)Cl. The number of benzene rings is 1. The van der Waals surface area contributed by atoms with Gasteiger partial charge >= 0.3 is 6.09 Å². The smallest absolute Gasteiger partial charge is 0.409 e. The van der Waals surface area contributed by atoms with Gasteiger partial charge in [0, 0.05) is 17.8 Å². The number of hydrogen-bond acceptors (Lipinski definition) is 5.